The van der Waals surface area contributed by atoms with Crippen molar-refractivity contribution in [2.45, 2.75) is 51.2 Å². The number of hydrogen-bond acceptors (Lipinski definition) is 6. The first-order chi connectivity index (χ1) is 12.5. The van der Waals surface area contributed by atoms with E-state index >= 15 is 0 Å². The Morgan fingerprint density at radius 3 is 2.07 bits per heavy atom. The molecular weight excluding hydrogens is 358 g/mol. The number of hydrogen-bond donors (Lipinski definition) is 7. The first-order valence-corrected chi connectivity index (χ1v) is 8.38. The molecule has 0 aromatic carbocycles. The van der Waals surface area contributed by atoms with E-state index in [1.54, 1.807) is 13.8 Å². The molecule has 0 spiro atoms. The predicted octanol–water partition coefficient (Wildman–Crippen LogP) is -3.05. The molecule has 0 aliphatic rings. The number of amides is 3. The van der Waals surface area contributed by atoms with E-state index in [0.717, 1.165) is 0 Å². The first kappa shape index (κ1) is 24.1. The summed E-state index contributed by atoms with van der Waals surface area (Å²) in [7, 11) is 0. The van der Waals surface area contributed by atoms with Gasteiger partial charge in [0.1, 0.15) is 12.1 Å². The Kier molecular flexibility index (Phi) is 10.4. The third kappa shape index (κ3) is 9.99. The van der Waals surface area contributed by atoms with E-state index in [2.05, 4.69) is 15.6 Å². The molecule has 0 heterocycles. The lowest BCUT2D eigenvalue weighted by Gasteiger charge is -2.23. The van der Waals surface area contributed by atoms with Gasteiger partial charge >= 0.3 is 5.97 Å². The fourth-order valence-electron chi connectivity index (χ4n) is 2.11. The van der Waals surface area contributed by atoms with Crippen LogP contribution < -0.4 is 33.6 Å². The van der Waals surface area contributed by atoms with Crippen LogP contribution in [0, 0.1) is 5.92 Å². The maximum absolute atomic E-state index is 12.3. The Bertz CT molecular complexity index is 575. The van der Waals surface area contributed by atoms with Crippen LogP contribution in [-0.2, 0) is 19.2 Å². The number of nitrogens with two attached hydrogens (primary N) is 4. The summed E-state index contributed by atoms with van der Waals surface area (Å²) >= 11 is 0. The molecule has 0 saturated heterocycles. The van der Waals surface area contributed by atoms with Crippen LogP contribution >= 0.6 is 0 Å². The van der Waals surface area contributed by atoms with Gasteiger partial charge in [-0.3, -0.25) is 19.4 Å². The van der Waals surface area contributed by atoms with Crippen LogP contribution in [0.3, 0.4) is 0 Å². The van der Waals surface area contributed by atoms with E-state index in [4.69, 9.17) is 28.0 Å². The number of nitrogens with one attached hydrogen (secondary N) is 2. The minimum absolute atomic E-state index is 0.0793. The van der Waals surface area contributed by atoms with Crippen molar-refractivity contribution in [3.63, 3.8) is 0 Å². The lowest BCUT2D eigenvalue weighted by Crippen LogP contribution is -2.56. The maximum atomic E-state index is 12.3. The van der Waals surface area contributed by atoms with E-state index < -0.39 is 54.2 Å². The lowest BCUT2D eigenvalue weighted by atomic mass is 10.0. The van der Waals surface area contributed by atoms with Gasteiger partial charge < -0.3 is 38.7 Å². The molecule has 3 amide bonds. The molecule has 27 heavy (non-hydrogen) atoms. The minimum atomic E-state index is -1.33. The smallest absolute Gasteiger partial charge is 0.326 e. The number of carboxylic acid groups (broad SMARTS) is 1. The average molecular weight is 387 g/mol. The molecule has 0 saturated carbocycles. The number of carbonyl (C=O) groups excluding carboxylic acids is 3. The van der Waals surface area contributed by atoms with Crippen LogP contribution in [0.25, 0.3) is 0 Å². The second kappa shape index (κ2) is 11.7. The van der Waals surface area contributed by atoms with E-state index in [9.17, 15) is 19.2 Å². The summed E-state index contributed by atoms with van der Waals surface area (Å²) < 4.78 is 0. The maximum Gasteiger partial charge on any atom is 0.326 e. The Balaban J connectivity index is 4.91. The Labute approximate surface area is 157 Å². The van der Waals surface area contributed by atoms with Crippen LogP contribution in [0.4, 0.5) is 0 Å². The highest BCUT2D eigenvalue weighted by Gasteiger charge is 2.30. The number of primary amides is 1. The number of carboxylic acids is 1. The summed E-state index contributed by atoms with van der Waals surface area (Å²) in [6.45, 7) is 3.49. The molecule has 0 radical (unpaired) electrons. The summed E-state index contributed by atoms with van der Waals surface area (Å²) in [6.07, 6.45) is 0.160. The van der Waals surface area contributed by atoms with Crippen molar-refractivity contribution in [3.8, 4) is 0 Å². The van der Waals surface area contributed by atoms with Crippen molar-refractivity contribution >= 4 is 29.7 Å². The normalized spacial score (nSPS) is 13.9. The van der Waals surface area contributed by atoms with Gasteiger partial charge in [-0.1, -0.05) is 13.8 Å². The molecular formula is C15H29N7O5. The monoisotopic (exact) mass is 387 g/mol. The van der Waals surface area contributed by atoms with Gasteiger partial charge in [0, 0.05) is 6.54 Å². The molecule has 12 heteroatoms. The highest BCUT2D eigenvalue weighted by Crippen LogP contribution is 2.04. The van der Waals surface area contributed by atoms with E-state index in [-0.39, 0.29) is 18.9 Å². The van der Waals surface area contributed by atoms with Crippen molar-refractivity contribution in [1.29, 1.82) is 0 Å². The van der Waals surface area contributed by atoms with E-state index in [1.165, 1.54) is 0 Å². The van der Waals surface area contributed by atoms with Gasteiger partial charge in [-0.15, -0.1) is 0 Å². The SMILES string of the molecule is CC(C)[C@H](NC(=O)[C@H](CC(N)=O)NC(=O)[C@@H](N)CCCN=C(N)N)C(=O)O. The zero-order chi connectivity index (χ0) is 21.1. The van der Waals surface area contributed by atoms with Crippen LogP contribution in [0.5, 0.6) is 0 Å². The summed E-state index contributed by atoms with van der Waals surface area (Å²) in [6, 6.07) is -3.49. The molecule has 0 aromatic rings. The summed E-state index contributed by atoms with van der Waals surface area (Å²) in [5.41, 5.74) is 21.2. The molecule has 0 bridgehead atoms. The zero-order valence-corrected chi connectivity index (χ0v) is 15.5. The van der Waals surface area contributed by atoms with Gasteiger partial charge in [-0.25, -0.2) is 4.79 Å². The lowest BCUT2D eigenvalue weighted by molar-refractivity contribution is -0.143. The topological polar surface area (TPSA) is 229 Å². The van der Waals surface area contributed by atoms with Gasteiger partial charge in [0.2, 0.25) is 17.7 Å². The molecule has 0 aliphatic carbocycles. The van der Waals surface area contributed by atoms with Crippen molar-refractivity contribution < 1.29 is 24.3 Å². The Hall–Kier alpha value is -2.89. The second-order valence-corrected chi connectivity index (χ2v) is 6.36. The molecule has 0 unspecified atom stereocenters. The van der Waals surface area contributed by atoms with E-state index in [1.807, 2.05) is 0 Å². The standard InChI is InChI=1S/C15H29N7O5/c1-7(2)11(14(26)27)22-13(25)9(6-10(17)23)21-12(24)8(16)4-3-5-20-15(18)19/h7-9,11H,3-6,16H2,1-2H3,(H2,17,23)(H,21,24)(H,22,25)(H,26,27)(H4,18,19,20)/t8-,9-,11-/m0/s1. The number of guanidine groups is 1. The number of carbonyl (C=O) groups is 4. The van der Waals surface area contributed by atoms with Crippen molar-refractivity contribution in [2.24, 2.45) is 33.8 Å². The highest BCUT2D eigenvalue weighted by atomic mass is 16.4. The predicted molar refractivity (Wildman–Crippen MR) is 98.0 cm³/mol. The number of nitrogens with zero attached hydrogens (tertiary/aromatic N) is 1. The average Bonchev–Trinajstić information content (AvgIpc) is 2.54. The summed E-state index contributed by atoms with van der Waals surface area (Å²) in [5.74, 6) is -4.08. The van der Waals surface area contributed by atoms with Crippen LogP contribution in [0.1, 0.15) is 33.1 Å². The molecule has 154 valence electrons. The molecule has 0 aliphatic heterocycles. The van der Waals surface area contributed by atoms with Crippen LogP contribution in [0.15, 0.2) is 4.99 Å². The van der Waals surface area contributed by atoms with Crippen LogP contribution in [0.2, 0.25) is 0 Å². The Morgan fingerprint density at radius 1 is 1.04 bits per heavy atom. The third-order valence-electron chi connectivity index (χ3n) is 3.57. The third-order valence-corrected chi connectivity index (χ3v) is 3.57. The second-order valence-electron chi connectivity index (χ2n) is 6.36. The number of rotatable bonds is 12. The van der Waals surface area contributed by atoms with E-state index in [0.29, 0.717) is 6.42 Å². The van der Waals surface area contributed by atoms with Gasteiger partial charge in [-0.2, -0.15) is 0 Å². The quantitative estimate of drug-likeness (QED) is 0.103. The molecule has 11 N–H and O–H groups in total. The largest absolute Gasteiger partial charge is 0.480 e. The number of aliphatic imine (C=N–C) groups is 1. The van der Waals surface area contributed by atoms with Gasteiger partial charge in [0.15, 0.2) is 5.96 Å². The van der Waals surface area contributed by atoms with Gasteiger partial charge in [0.05, 0.1) is 12.5 Å². The highest BCUT2D eigenvalue weighted by molar-refractivity contribution is 5.94. The van der Waals surface area contributed by atoms with Crippen LogP contribution in [-0.4, -0.2) is 59.4 Å². The fraction of sp³-hybridized carbons (Fsp3) is 0.667. The van der Waals surface area contributed by atoms with Crippen molar-refractivity contribution in [3.05, 3.63) is 0 Å². The van der Waals surface area contributed by atoms with Gasteiger partial charge in [0.25, 0.3) is 0 Å². The molecule has 3 atom stereocenters. The first-order valence-electron chi connectivity index (χ1n) is 8.38. The molecule has 12 nitrogen and oxygen atoms in total. The summed E-state index contributed by atoms with van der Waals surface area (Å²) in [4.78, 5) is 50.6. The van der Waals surface area contributed by atoms with Crippen molar-refractivity contribution in [1.82, 2.24) is 10.6 Å². The molecule has 0 rings (SSSR count). The Morgan fingerprint density at radius 2 is 1.63 bits per heavy atom. The zero-order valence-electron chi connectivity index (χ0n) is 15.5. The van der Waals surface area contributed by atoms with Gasteiger partial charge in [-0.05, 0) is 18.8 Å². The fourth-order valence-corrected chi connectivity index (χ4v) is 2.11. The molecule has 0 aromatic heterocycles. The molecule has 0 fully saturated rings. The minimum Gasteiger partial charge on any atom is -0.480 e. The summed E-state index contributed by atoms with van der Waals surface area (Å²) in [5, 5.41) is 13.8. The number of aliphatic carboxylic acids is 1. The van der Waals surface area contributed by atoms with Crippen molar-refractivity contribution in [2.75, 3.05) is 6.54 Å².